The van der Waals surface area contributed by atoms with E-state index in [0.29, 0.717) is 18.4 Å². The minimum Gasteiger partial charge on any atom is -0.434 e. The molecule has 0 aromatic carbocycles. The van der Waals surface area contributed by atoms with Crippen molar-refractivity contribution in [1.82, 2.24) is 0 Å². The van der Waals surface area contributed by atoms with Crippen LogP contribution in [-0.2, 0) is 9.47 Å². The lowest BCUT2D eigenvalue weighted by Gasteiger charge is -2.10. The summed E-state index contributed by atoms with van der Waals surface area (Å²) in [5, 5.41) is 0. The molecule has 0 heterocycles. The van der Waals surface area contributed by atoms with Gasteiger partial charge in [0.1, 0.15) is 6.61 Å². The lowest BCUT2D eigenvalue weighted by Crippen LogP contribution is -2.11. The van der Waals surface area contributed by atoms with Gasteiger partial charge in [-0.15, -0.1) is 11.6 Å². The molecule has 0 saturated heterocycles. The van der Waals surface area contributed by atoms with Gasteiger partial charge >= 0.3 is 6.16 Å². The fraction of sp³-hybridized carbons (Fsp3) is 0.769. The third-order valence-corrected chi connectivity index (χ3v) is 2.49. The number of ether oxygens (including phenoxy) is 2. The number of hydrogen-bond acceptors (Lipinski definition) is 3. The first-order valence-corrected chi connectivity index (χ1v) is 6.58. The molecule has 0 aliphatic carbocycles. The van der Waals surface area contributed by atoms with Gasteiger partial charge in [0.15, 0.2) is 0 Å². The molecule has 0 radical (unpaired) electrons. The Balaban J connectivity index is 3.47. The summed E-state index contributed by atoms with van der Waals surface area (Å²) in [5.41, 5.74) is 1.35. The Labute approximate surface area is 109 Å². The summed E-state index contributed by atoms with van der Waals surface area (Å²) in [6, 6.07) is 0. The van der Waals surface area contributed by atoms with Gasteiger partial charge < -0.3 is 9.47 Å². The standard InChI is InChI=1S/C13H23ClO3/c1-11(2)5-4-6-12(3)7-9-16-13(15)17-10-8-14/h5,12H,4,6-10H2,1-3H3. The van der Waals surface area contributed by atoms with Crippen molar-refractivity contribution in [2.45, 2.75) is 40.0 Å². The number of allylic oxidation sites excluding steroid dienone is 2. The predicted molar refractivity (Wildman–Crippen MR) is 70.5 cm³/mol. The lowest BCUT2D eigenvalue weighted by atomic mass is 10.0. The Hall–Kier alpha value is -0.700. The molecule has 0 aromatic heterocycles. The summed E-state index contributed by atoms with van der Waals surface area (Å²) < 4.78 is 9.59. The molecule has 4 heteroatoms. The summed E-state index contributed by atoms with van der Waals surface area (Å²) >= 11 is 5.37. The van der Waals surface area contributed by atoms with Crippen molar-refractivity contribution in [3.63, 3.8) is 0 Å². The van der Waals surface area contributed by atoms with Gasteiger partial charge in [-0.3, -0.25) is 0 Å². The van der Waals surface area contributed by atoms with E-state index in [1.807, 2.05) is 0 Å². The van der Waals surface area contributed by atoms with Crippen molar-refractivity contribution < 1.29 is 14.3 Å². The highest BCUT2D eigenvalue weighted by Crippen LogP contribution is 2.11. The van der Waals surface area contributed by atoms with Gasteiger partial charge in [0.2, 0.25) is 0 Å². The molecule has 0 aliphatic rings. The molecule has 0 saturated carbocycles. The lowest BCUT2D eigenvalue weighted by molar-refractivity contribution is 0.0559. The van der Waals surface area contributed by atoms with Crippen molar-refractivity contribution >= 4 is 17.8 Å². The zero-order valence-electron chi connectivity index (χ0n) is 11.0. The normalized spacial score (nSPS) is 11.8. The SMILES string of the molecule is CC(C)=CCCC(C)CCOC(=O)OCCCl. The molecule has 0 N–H and O–H groups in total. The number of rotatable bonds is 8. The first-order chi connectivity index (χ1) is 8.06. The molecule has 0 amide bonds. The molecule has 0 rings (SSSR count). The molecule has 17 heavy (non-hydrogen) atoms. The Kier molecular flexibility index (Phi) is 10.0. The minimum atomic E-state index is -0.623. The van der Waals surface area contributed by atoms with Gasteiger partial charge in [-0.1, -0.05) is 18.6 Å². The number of hydrogen-bond donors (Lipinski definition) is 0. The van der Waals surface area contributed by atoms with Crippen molar-refractivity contribution in [1.29, 1.82) is 0 Å². The Morgan fingerprint density at radius 2 is 1.88 bits per heavy atom. The highest BCUT2D eigenvalue weighted by Gasteiger charge is 2.05. The second-order valence-corrected chi connectivity index (χ2v) is 4.77. The van der Waals surface area contributed by atoms with Crippen molar-refractivity contribution in [2.24, 2.45) is 5.92 Å². The zero-order chi connectivity index (χ0) is 13.1. The smallest absolute Gasteiger partial charge is 0.434 e. The number of carbonyl (C=O) groups is 1. The molecule has 1 atom stereocenters. The Morgan fingerprint density at radius 1 is 1.24 bits per heavy atom. The van der Waals surface area contributed by atoms with Gasteiger partial charge in [-0.05, 0) is 39.0 Å². The van der Waals surface area contributed by atoms with Crippen molar-refractivity contribution in [3.05, 3.63) is 11.6 Å². The van der Waals surface area contributed by atoms with Crippen LogP contribution in [0.5, 0.6) is 0 Å². The quantitative estimate of drug-likeness (QED) is 0.374. The van der Waals surface area contributed by atoms with E-state index in [1.165, 1.54) is 5.57 Å². The second-order valence-electron chi connectivity index (χ2n) is 4.39. The summed E-state index contributed by atoms with van der Waals surface area (Å²) in [6.45, 7) is 6.97. The summed E-state index contributed by atoms with van der Waals surface area (Å²) in [4.78, 5) is 11.0. The van der Waals surface area contributed by atoms with Crippen LogP contribution in [0.4, 0.5) is 4.79 Å². The minimum absolute atomic E-state index is 0.205. The molecule has 0 spiro atoms. The third kappa shape index (κ3) is 11.6. The maximum atomic E-state index is 11.0. The zero-order valence-corrected chi connectivity index (χ0v) is 11.8. The molecular weight excluding hydrogens is 240 g/mol. The Bertz CT molecular complexity index is 235. The maximum Gasteiger partial charge on any atom is 0.508 e. The van der Waals surface area contributed by atoms with E-state index >= 15 is 0 Å². The van der Waals surface area contributed by atoms with Crippen molar-refractivity contribution in [3.8, 4) is 0 Å². The highest BCUT2D eigenvalue weighted by molar-refractivity contribution is 6.18. The van der Waals surface area contributed by atoms with E-state index in [2.05, 4.69) is 31.6 Å². The molecule has 0 fully saturated rings. The highest BCUT2D eigenvalue weighted by atomic mass is 35.5. The van der Waals surface area contributed by atoms with Crippen molar-refractivity contribution in [2.75, 3.05) is 19.1 Å². The van der Waals surface area contributed by atoms with Gasteiger partial charge in [0.05, 0.1) is 12.5 Å². The van der Waals surface area contributed by atoms with E-state index in [4.69, 9.17) is 16.3 Å². The monoisotopic (exact) mass is 262 g/mol. The van der Waals surface area contributed by atoms with E-state index < -0.39 is 6.16 Å². The molecule has 1 unspecified atom stereocenters. The average molecular weight is 263 g/mol. The predicted octanol–water partition coefficient (Wildman–Crippen LogP) is 4.15. The van der Waals surface area contributed by atoms with Crippen LogP contribution < -0.4 is 0 Å². The van der Waals surface area contributed by atoms with Gasteiger partial charge in [0.25, 0.3) is 0 Å². The molecule has 0 aromatic rings. The van der Waals surface area contributed by atoms with Gasteiger partial charge in [0, 0.05) is 0 Å². The molecule has 3 nitrogen and oxygen atoms in total. The molecule has 0 aliphatic heterocycles. The fourth-order valence-corrected chi connectivity index (χ4v) is 1.39. The largest absolute Gasteiger partial charge is 0.508 e. The van der Waals surface area contributed by atoms with Crippen LogP contribution in [0.25, 0.3) is 0 Å². The van der Waals surface area contributed by atoms with Crippen LogP contribution in [0.1, 0.15) is 40.0 Å². The summed E-state index contributed by atoms with van der Waals surface area (Å²) in [7, 11) is 0. The van der Waals surface area contributed by atoms with E-state index in [1.54, 1.807) is 0 Å². The first kappa shape index (κ1) is 16.3. The number of carbonyl (C=O) groups excluding carboxylic acids is 1. The number of halogens is 1. The first-order valence-electron chi connectivity index (χ1n) is 6.05. The molecule has 100 valence electrons. The van der Waals surface area contributed by atoms with Gasteiger partial charge in [-0.2, -0.15) is 0 Å². The van der Waals surface area contributed by atoms with E-state index in [0.717, 1.165) is 19.3 Å². The Morgan fingerprint density at radius 3 is 2.47 bits per heavy atom. The average Bonchev–Trinajstić information content (AvgIpc) is 2.25. The van der Waals surface area contributed by atoms with Gasteiger partial charge in [-0.25, -0.2) is 4.79 Å². The topological polar surface area (TPSA) is 35.5 Å². The molecular formula is C13H23ClO3. The van der Waals surface area contributed by atoms with Crippen LogP contribution >= 0.6 is 11.6 Å². The number of alkyl halides is 1. The van der Waals surface area contributed by atoms with Crippen LogP contribution in [0.15, 0.2) is 11.6 Å². The van der Waals surface area contributed by atoms with E-state index in [-0.39, 0.29) is 6.61 Å². The van der Waals surface area contributed by atoms with Crippen LogP contribution in [0.2, 0.25) is 0 Å². The van der Waals surface area contributed by atoms with E-state index in [9.17, 15) is 4.79 Å². The fourth-order valence-electron chi connectivity index (χ4n) is 1.31. The van der Waals surface area contributed by atoms with Crippen LogP contribution in [0, 0.1) is 5.92 Å². The summed E-state index contributed by atoms with van der Waals surface area (Å²) in [5.74, 6) is 0.847. The molecule has 0 bridgehead atoms. The second kappa shape index (κ2) is 10.5. The summed E-state index contributed by atoms with van der Waals surface area (Å²) in [6.07, 6.45) is 4.67. The third-order valence-electron chi connectivity index (χ3n) is 2.34. The maximum absolute atomic E-state index is 11.0. The van der Waals surface area contributed by atoms with Crippen LogP contribution in [-0.4, -0.2) is 25.2 Å². The van der Waals surface area contributed by atoms with Crippen LogP contribution in [0.3, 0.4) is 0 Å².